The lowest BCUT2D eigenvalue weighted by Gasteiger charge is -2.07. The molecule has 100 valence electrons. The molecule has 0 fully saturated rings. The average molecular weight is 262 g/mol. The molecule has 19 heavy (non-hydrogen) atoms. The second kappa shape index (κ2) is 5.80. The Labute approximate surface area is 109 Å². The van der Waals surface area contributed by atoms with E-state index in [1.807, 2.05) is 10.8 Å². The summed E-state index contributed by atoms with van der Waals surface area (Å²) in [5, 5.41) is 13.8. The van der Waals surface area contributed by atoms with E-state index in [0.29, 0.717) is 6.54 Å². The highest BCUT2D eigenvalue weighted by molar-refractivity contribution is 5.59. The third-order valence-corrected chi connectivity index (χ3v) is 2.54. The van der Waals surface area contributed by atoms with Crippen LogP contribution in [0.5, 0.6) is 0 Å². The lowest BCUT2D eigenvalue weighted by molar-refractivity contribution is -0.384. The quantitative estimate of drug-likeness (QED) is 0.460. The first-order valence-electron chi connectivity index (χ1n) is 5.77. The molecule has 2 aromatic rings. The van der Waals surface area contributed by atoms with E-state index in [4.69, 9.17) is 5.73 Å². The molecule has 2 rings (SSSR count). The largest absolute Gasteiger partial charge is 0.384 e. The van der Waals surface area contributed by atoms with Crippen molar-refractivity contribution in [3.63, 3.8) is 0 Å². The van der Waals surface area contributed by atoms with E-state index in [9.17, 15) is 10.1 Å². The van der Waals surface area contributed by atoms with E-state index < -0.39 is 4.92 Å². The van der Waals surface area contributed by atoms with Gasteiger partial charge in [-0.1, -0.05) is 0 Å². The van der Waals surface area contributed by atoms with Gasteiger partial charge in [0.05, 0.1) is 11.3 Å². The maximum atomic E-state index is 10.8. The van der Waals surface area contributed by atoms with Crippen molar-refractivity contribution in [2.75, 3.05) is 17.6 Å². The van der Waals surface area contributed by atoms with Crippen molar-refractivity contribution in [2.45, 2.75) is 13.0 Å². The fraction of sp³-hybridized carbons (Fsp3) is 0.273. The zero-order chi connectivity index (χ0) is 13.7. The number of nitrogens with zero attached hydrogens (tertiary/aromatic N) is 4. The number of imidazole rings is 1. The Kier molecular flexibility index (Phi) is 3.91. The number of pyridine rings is 1. The van der Waals surface area contributed by atoms with E-state index in [-0.39, 0.29) is 17.3 Å². The second-order valence-corrected chi connectivity index (χ2v) is 3.94. The van der Waals surface area contributed by atoms with Crippen LogP contribution in [0.25, 0.3) is 0 Å². The predicted molar refractivity (Wildman–Crippen MR) is 70.6 cm³/mol. The lowest BCUT2D eigenvalue weighted by atomic mass is 10.3. The van der Waals surface area contributed by atoms with Crippen molar-refractivity contribution in [3.05, 3.63) is 41.0 Å². The molecular formula is C11H14N6O2. The number of aryl methyl sites for hydroxylation is 1. The summed E-state index contributed by atoms with van der Waals surface area (Å²) < 4.78 is 1.93. The fourth-order valence-corrected chi connectivity index (χ4v) is 1.63. The predicted octanol–water partition coefficient (Wildman–Crippen LogP) is 1.27. The van der Waals surface area contributed by atoms with Crippen LogP contribution in [0.4, 0.5) is 17.3 Å². The smallest absolute Gasteiger partial charge is 0.311 e. The molecule has 0 radical (unpaired) electrons. The number of nitrogens with two attached hydrogens (primary N) is 1. The number of nitrogens with one attached hydrogen (secondary N) is 1. The Morgan fingerprint density at radius 3 is 3.00 bits per heavy atom. The summed E-state index contributed by atoms with van der Waals surface area (Å²) in [4.78, 5) is 18.2. The maximum Gasteiger partial charge on any atom is 0.311 e. The van der Waals surface area contributed by atoms with Crippen LogP contribution in [0.1, 0.15) is 6.42 Å². The van der Waals surface area contributed by atoms with Gasteiger partial charge in [0, 0.05) is 31.5 Å². The highest BCUT2D eigenvalue weighted by Crippen LogP contribution is 2.22. The molecular weight excluding hydrogens is 248 g/mol. The number of hydrogen-bond acceptors (Lipinski definition) is 6. The van der Waals surface area contributed by atoms with Crippen molar-refractivity contribution in [1.82, 2.24) is 14.5 Å². The number of nitrogen functional groups attached to an aromatic ring is 1. The standard InChI is InChI=1S/C11H14N6O2/c12-10-3-2-9(17(18)19)11(15-10)14-4-1-6-16-7-5-13-8-16/h2-3,5,7-8H,1,4,6H2,(H3,12,14,15). The SMILES string of the molecule is Nc1ccc([N+](=O)[O-])c(NCCCn2ccnc2)n1. The molecule has 3 N–H and O–H groups in total. The van der Waals surface area contributed by atoms with Gasteiger partial charge in [-0.05, 0) is 12.5 Å². The molecule has 0 unspecified atom stereocenters. The molecule has 0 saturated carbocycles. The van der Waals surface area contributed by atoms with Crippen molar-refractivity contribution >= 4 is 17.3 Å². The van der Waals surface area contributed by atoms with Gasteiger partial charge in [-0.15, -0.1) is 0 Å². The molecule has 0 bridgehead atoms. The van der Waals surface area contributed by atoms with E-state index in [2.05, 4.69) is 15.3 Å². The van der Waals surface area contributed by atoms with Crippen molar-refractivity contribution in [2.24, 2.45) is 0 Å². The van der Waals surface area contributed by atoms with Crippen LogP contribution in [-0.2, 0) is 6.54 Å². The van der Waals surface area contributed by atoms with Gasteiger partial charge >= 0.3 is 5.69 Å². The van der Waals surface area contributed by atoms with Crippen molar-refractivity contribution in [1.29, 1.82) is 0 Å². The van der Waals surface area contributed by atoms with Crippen molar-refractivity contribution < 1.29 is 4.92 Å². The number of anilines is 2. The molecule has 2 aromatic heterocycles. The third kappa shape index (κ3) is 3.41. The molecule has 8 nitrogen and oxygen atoms in total. The van der Waals surface area contributed by atoms with Crippen molar-refractivity contribution in [3.8, 4) is 0 Å². The summed E-state index contributed by atoms with van der Waals surface area (Å²) in [5.41, 5.74) is 5.45. The topological polar surface area (TPSA) is 112 Å². The maximum absolute atomic E-state index is 10.8. The van der Waals surface area contributed by atoms with Crippen LogP contribution in [0.2, 0.25) is 0 Å². The van der Waals surface area contributed by atoms with E-state index in [1.54, 1.807) is 12.5 Å². The number of nitro groups is 1. The minimum atomic E-state index is -0.482. The minimum absolute atomic E-state index is 0.0724. The molecule has 0 atom stereocenters. The Bertz CT molecular complexity index is 554. The monoisotopic (exact) mass is 262 g/mol. The van der Waals surface area contributed by atoms with Crippen LogP contribution in [0.3, 0.4) is 0 Å². The first-order valence-corrected chi connectivity index (χ1v) is 5.77. The molecule has 8 heteroatoms. The summed E-state index contributed by atoms with van der Waals surface area (Å²) >= 11 is 0. The van der Waals surface area contributed by atoms with E-state index in [0.717, 1.165) is 13.0 Å². The summed E-state index contributed by atoms with van der Waals surface area (Å²) in [6.45, 7) is 1.35. The first-order chi connectivity index (χ1) is 9.16. The van der Waals surface area contributed by atoms with E-state index >= 15 is 0 Å². The van der Waals surface area contributed by atoms with Crippen LogP contribution in [0.15, 0.2) is 30.9 Å². The average Bonchev–Trinajstić information content (AvgIpc) is 2.87. The summed E-state index contributed by atoms with van der Waals surface area (Å²) in [7, 11) is 0. The zero-order valence-corrected chi connectivity index (χ0v) is 10.2. The van der Waals surface area contributed by atoms with Gasteiger partial charge in [0.15, 0.2) is 0 Å². The zero-order valence-electron chi connectivity index (χ0n) is 10.2. The van der Waals surface area contributed by atoms with Gasteiger partial charge in [-0.3, -0.25) is 10.1 Å². The summed E-state index contributed by atoms with van der Waals surface area (Å²) in [6.07, 6.45) is 6.09. The molecule has 0 saturated heterocycles. The fourth-order valence-electron chi connectivity index (χ4n) is 1.63. The lowest BCUT2D eigenvalue weighted by Crippen LogP contribution is -2.09. The van der Waals surface area contributed by atoms with Crippen LogP contribution >= 0.6 is 0 Å². The van der Waals surface area contributed by atoms with E-state index in [1.165, 1.54) is 12.1 Å². The highest BCUT2D eigenvalue weighted by Gasteiger charge is 2.14. The summed E-state index contributed by atoms with van der Waals surface area (Å²) in [5.74, 6) is 0.457. The molecule has 0 aromatic carbocycles. The molecule has 0 amide bonds. The van der Waals surface area contributed by atoms with Gasteiger partial charge in [-0.2, -0.15) is 0 Å². The number of hydrogen-bond donors (Lipinski definition) is 2. The number of aromatic nitrogens is 3. The van der Waals surface area contributed by atoms with Crippen LogP contribution in [0, 0.1) is 10.1 Å². The Morgan fingerprint density at radius 1 is 1.47 bits per heavy atom. The van der Waals surface area contributed by atoms with Crippen LogP contribution < -0.4 is 11.1 Å². The Balaban J connectivity index is 1.91. The normalized spacial score (nSPS) is 10.3. The second-order valence-electron chi connectivity index (χ2n) is 3.94. The third-order valence-electron chi connectivity index (χ3n) is 2.54. The van der Waals surface area contributed by atoms with Gasteiger partial charge in [0.1, 0.15) is 5.82 Å². The van der Waals surface area contributed by atoms with Gasteiger partial charge < -0.3 is 15.6 Å². The Hall–Kier alpha value is -2.64. The highest BCUT2D eigenvalue weighted by atomic mass is 16.6. The molecule has 2 heterocycles. The van der Waals surface area contributed by atoms with Gasteiger partial charge in [0.25, 0.3) is 0 Å². The number of rotatable bonds is 6. The molecule has 0 spiro atoms. The first kappa shape index (κ1) is 12.8. The van der Waals surface area contributed by atoms with Crippen LogP contribution in [-0.4, -0.2) is 26.0 Å². The summed E-state index contributed by atoms with van der Waals surface area (Å²) in [6, 6.07) is 2.76. The molecule has 0 aliphatic heterocycles. The van der Waals surface area contributed by atoms with Gasteiger partial charge in [-0.25, -0.2) is 9.97 Å². The van der Waals surface area contributed by atoms with Gasteiger partial charge in [0.2, 0.25) is 5.82 Å². The minimum Gasteiger partial charge on any atom is -0.384 e. The Morgan fingerprint density at radius 2 is 2.32 bits per heavy atom. The molecule has 0 aliphatic carbocycles. The molecule has 0 aliphatic rings.